The number of nitrogens with zero attached hydrogens (tertiary/aromatic N) is 1. The summed E-state index contributed by atoms with van der Waals surface area (Å²) in [7, 11) is 0. The summed E-state index contributed by atoms with van der Waals surface area (Å²) < 4.78 is 13.0. The number of benzene rings is 1. The van der Waals surface area contributed by atoms with Gasteiger partial charge in [0.05, 0.1) is 17.1 Å². The summed E-state index contributed by atoms with van der Waals surface area (Å²) >= 11 is 0. The van der Waals surface area contributed by atoms with E-state index in [1.165, 1.54) is 12.1 Å². The van der Waals surface area contributed by atoms with E-state index in [4.69, 9.17) is 10.2 Å². The smallest absolute Gasteiger partial charge is 0.339 e. The van der Waals surface area contributed by atoms with Crippen molar-refractivity contribution in [2.45, 2.75) is 12.8 Å². The second-order valence-corrected chi connectivity index (χ2v) is 2.67. The van der Waals surface area contributed by atoms with Gasteiger partial charge in [-0.2, -0.15) is 0 Å². The van der Waals surface area contributed by atoms with Crippen LogP contribution in [0.1, 0.15) is 17.4 Å². The Kier molecular flexibility index (Phi) is 3.10. The topological polar surface area (TPSA) is 83.6 Å². The summed E-state index contributed by atoms with van der Waals surface area (Å²) in [5, 5.41) is 27.7. The molecule has 14 heavy (non-hydrogen) atoms. The van der Waals surface area contributed by atoms with E-state index in [0.29, 0.717) is 0 Å². The standard InChI is InChI=1S/C8H8FNO4/c9-7-3-5(8(12)10(13)14)1-2-6(7)4-11/h1-3,8,11-12H,4H2. The van der Waals surface area contributed by atoms with E-state index in [1.807, 2.05) is 0 Å². The van der Waals surface area contributed by atoms with Crippen LogP contribution in [0.4, 0.5) is 4.39 Å². The summed E-state index contributed by atoms with van der Waals surface area (Å²) in [4.78, 5) is 9.21. The average molecular weight is 201 g/mol. The third-order valence-corrected chi connectivity index (χ3v) is 1.75. The van der Waals surface area contributed by atoms with Gasteiger partial charge in [-0.3, -0.25) is 10.1 Å². The highest BCUT2D eigenvalue weighted by atomic mass is 19.1. The maximum atomic E-state index is 13.0. The molecule has 1 aromatic rings. The maximum absolute atomic E-state index is 13.0. The molecule has 0 aliphatic heterocycles. The van der Waals surface area contributed by atoms with Crippen LogP contribution in [-0.4, -0.2) is 15.1 Å². The van der Waals surface area contributed by atoms with Crippen LogP contribution in [0, 0.1) is 15.9 Å². The fourth-order valence-electron chi connectivity index (χ4n) is 0.974. The Morgan fingerprint density at radius 3 is 2.64 bits per heavy atom. The van der Waals surface area contributed by atoms with Crippen LogP contribution < -0.4 is 0 Å². The molecule has 1 unspecified atom stereocenters. The normalized spacial score (nSPS) is 12.5. The number of hydrogen-bond acceptors (Lipinski definition) is 4. The third-order valence-electron chi connectivity index (χ3n) is 1.75. The first-order valence-electron chi connectivity index (χ1n) is 3.77. The lowest BCUT2D eigenvalue weighted by molar-refractivity contribution is -0.578. The minimum atomic E-state index is -1.93. The van der Waals surface area contributed by atoms with E-state index in [0.717, 1.165) is 6.07 Å². The van der Waals surface area contributed by atoms with Gasteiger partial charge in [0.2, 0.25) is 0 Å². The Balaban J connectivity index is 3.02. The van der Waals surface area contributed by atoms with Gasteiger partial charge in [-0.25, -0.2) is 4.39 Å². The van der Waals surface area contributed by atoms with Crippen LogP contribution in [-0.2, 0) is 6.61 Å². The molecule has 0 bridgehead atoms. The number of rotatable bonds is 3. The Hall–Kier alpha value is -1.53. The van der Waals surface area contributed by atoms with Crippen molar-refractivity contribution in [3.63, 3.8) is 0 Å². The zero-order valence-corrected chi connectivity index (χ0v) is 7.05. The first kappa shape index (κ1) is 10.6. The number of aliphatic hydroxyl groups excluding tert-OH is 2. The number of halogens is 1. The van der Waals surface area contributed by atoms with Crippen LogP contribution in [0.15, 0.2) is 18.2 Å². The Morgan fingerprint density at radius 1 is 1.57 bits per heavy atom. The first-order chi connectivity index (χ1) is 6.56. The average Bonchev–Trinajstić information content (AvgIpc) is 2.16. The van der Waals surface area contributed by atoms with Crippen molar-refractivity contribution in [2.24, 2.45) is 0 Å². The van der Waals surface area contributed by atoms with Gasteiger partial charge in [0.15, 0.2) is 0 Å². The first-order valence-corrected chi connectivity index (χ1v) is 3.77. The molecule has 0 aromatic heterocycles. The molecule has 0 heterocycles. The molecule has 1 rings (SSSR count). The van der Waals surface area contributed by atoms with E-state index in [9.17, 15) is 14.5 Å². The lowest BCUT2D eigenvalue weighted by Gasteiger charge is -2.04. The highest BCUT2D eigenvalue weighted by Crippen LogP contribution is 2.17. The van der Waals surface area contributed by atoms with Crippen molar-refractivity contribution in [3.05, 3.63) is 45.3 Å². The van der Waals surface area contributed by atoms with Crippen LogP contribution in [0.3, 0.4) is 0 Å². The van der Waals surface area contributed by atoms with Gasteiger partial charge in [-0.15, -0.1) is 0 Å². The molecular weight excluding hydrogens is 193 g/mol. The molecule has 0 aliphatic rings. The molecule has 1 aromatic carbocycles. The van der Waals surface area contributed by atoms with Gasteiger partial charge in [0, 0.05) is 5.56 Å². The largest absolute Gasteiger partial charge is 0.392 e. The predicted octanol–water partition coefficient (Wildman–Crippen LogP) is 0.586. The number of aliphatic hydroxyl groups is 2. The second-order valence-electron chi connectivity index (χ2n) is 2.67. The number of hydrogen-bond donors (Lipinski definition) is 2. The van der Waals surface area contributed by atoms with E-state index in [2.05, 4.69) is 0 Å². The third kappa shape index (κ3) is 2.04. The molecule has 0 spiro atoms. The van der Waals surface area contributed by atoms with Crippen molar-refractivity contribution >= 4 is 0 Å². The fraction of sp³-hybridized carbons (Fsp3) is 0.250. The molecule has 2 N–H and O–H groups in total. The molecule has 1 atom stereocenters. The van der Waals surface area contributed by atoms with Crippen molar-refractivity contribution in [2.75, 3.05) is 0 Å². The van der Waals surface area contributed by atoms with Crippen LogP contribution in [0.2, 0.25) is 0 Å². The van der Waals surface area contributed by atoms with Gasteiger partial charge in [0.25, 0.3) is 0 Å². The van der Waals surface area contributed by atoms with Crippen LogP contribution in [0.5, 0.6) is 0 Å². The van der Waals surface area contributed by atoms with Crippen molar-refractivity contribution in [1.82, 2.24) is 0 Å². The summed E-state index contributed by atoms with van der Waals surface area (Å²) in [5.74, 6) is -0.772. The quantitative estimate of drug-likeness (QED) is 0.425. The van der Waals surface area contributed by atoms with Gasteiger partial charge in [0.1, 0.15) is 5.82 Å². The summed E-state index contributed by atoms with van der Waals surface area (Å²) in [6.07, 6.45) is -1.93. The minimum absolute atomic E-state index is 0.0318. The van der Waals surface area contributed by atoms with Crippen LogP contribution in [0.25, 0.3) is 0 Å². The van der Waals surface area contributed by atoms with Crippen molar-refractivity contribution < 1.29 is 19.5 Å². The Bertz CT molecular complexity index is 355. The molecule has 0 saturated heterocycles. The maximum Gasteiger partial charge on any atom is 0.339 e. The van der Waals surface area contributed by atoms with Gasteiger partial charge in [-0.05, 0) is 12.1 Å². The SMILES string of the molecule is O=[N+]([O-])C(O)c1ccc(CO)c(F)c1. The fourth-order valence-corrected chi connectivity index (χ4v) is 0.974. The molecule has 6 heteroatoms. The Labute approximate surface area is 78.6 Å². The van der Waals surface area contributed by atoms with Crippen LogP contribution >= 0.6 is 0 Å². The number of nitro groups is 1. The zero-order chi connectivity index (χ0) is 10.7. The van der Waals surface area contributed by atoms with Crippen molar-refractivity contribution in [1.29, 1.82) is 0 Å². The minimum Gasteiger partial charge on any atom is -0.392 e. The predicted molar refractivity (Wildman–Crippen MR) is 44.3 cm³/mol. The molecule has 0 fully saturated rings. The zero-order valence-electron chi connectivity index (χ0n) is 7.05. The monoisotopic (exact) mass is 201 g/mol. The van der Waals surface area contributed by atoms with E-state index >= 15 is 0 Å². The molecule has 76 valence electrons. The molecule has 0 aliphatic carbocycles. The van der Waals surface area contributed by atoms with Gasteiger partial charge >= 0.3 is 6.23 Å². The molecule has 5 nitrogen and oxygen atoms in total. The summed E-state index contributed by atoms with van der Waals surface area (Å²) in [6, 6.07) is 3.22. The van der Waals surface area contributed by atoms with Gasteiger partial charge in [-0.1, -0.05) is 6.07 Å². The molecule has 0 amide bonds. The molecule has 0 saturated carbocycles. The highest BCUT2D eigenvalue weighted by Gasteiger charge is 2.19. The van der Waals surface area contributed by atoms with E-state index in [1.54, 1.807) is 0 Å². The summed E-state index contributed by atoms with van der Waals surface area (Å²) in [5.41, 5.74) is -0.117. The van der Waals surface area contributed by atoms with Gasteiger partial charge < -0.3 is 10.2 Å². The van der Waals surface area contributed by atoms with Crippen molar-refractivity contribution in [3.8, 4) is 0 Å². The molecular formula is C8H8FNO4. The van der Waals surface area contributed by atoms with E-state index in [-0.39, 0.29) is 11.1 Å². The summed E-state index contributed by atoms with van der Waals surface area (Å²) in [6.45, 7) is -0.485. The molecule has 0 radical (unpaired) electrons. The lowest BCUT2D eigenvalue weighted by atomic mass is 10.1. The Morgan fingerprint density at radius 2 is 2.21 bits per heavy atom. The highest BCUT2D eigenvalue weighted by molar-refractivity contribution is 5.24. The lowest BCUT2D eigenvalue weighted by Crippen LogP contribution is -2.09. The second kappa shape index (κ2) is 4.12. The van der Waals surface area contributed by atoms with E-state index < -0.39 is 23.6 Å².